The Morgan fingerprint density at radius 2 is 1.31 bits per heavy atom. The molecule has 2 N–H and O–H groups in total. The highest BCUT2D eigenvalue weighted by Crippen LogP contribution is 2.48. The van der Waals surface area contributed by atoms with Gasteiger partial charge in [0, 0.05) is 9.79 Å². The molecule has 0 saturated carbocycles. The number of esters is 1. The van der Waals surface area contributed by atoms with Crippen LogP contribution in [-0.2, 0) is 14.3 Å². The SMILES string of the molecule is O=C(O)CC(OC(=O)COc1ccc(Sc2ccc(O)cc2)cc1)(C(F)(F)F)C(F)(F)F. The van der Waals surface area contributed by atoms with Crippen molar-refractivity contribution in [2.45, 2.75) is 34.2 Å². The largest absolute Gasteiger partial charge is 0.508 e. The van der Waals surface area contributed by atoms with Gasteiger partial charge in [0.2, 0.25) is 0 Å². The van der Waals surface area contributed by atoms with Gasteiger partial charge in [-0.3, -0.25) is 4.79 Å². The van der Waals surface area contributed by atoms with E-state index in [9.17, 15) is 41.0 Å². The van der Waals surface area contributed by atoms with Crippen molar-refractivity contribution in [1.29, 1.82) is 0 Å². The predicted octanol–water partition coefficient (Wildman–Crippen LogP) is 4.80. The van der Waals surface area contributed by atoms with Crippen LogP contribution < -0.4 is 4.74 Å². The molecule has 6 nitrogen and oxygen atoms in total. The van der Waals surface area contributed by atoms with Crippen molar-refractivity contribution in [1.82, 2.24) is 0 Å². The fourth-order valence-electron chi connectivity index (χ4n) is 2.35. The second kappa shape index (κ2) is 9.59. The van der Waals surface area contributed by atoms with Crippen LogP contribution in [0.1, 0.15) is 6.42 Å². The standard InChI is InChI=1S/C19H14F6O6S/c20-18(21,22)17(9-15(27)28,19(23,24)25)31-16(29)10-30-12-3-7-14(8-4-12)32-13-5-1-11(26)2-6-13/h1-8,26H,9-10H2,(H,27,28). The van der Waals surface area contributed by atoms with E-state index in [1.165, 1.54) is 48.2 Å². The van der Waals surface area contributed by atoms with Crippen LogP contribution >= 0.6 is 11.8 Å². The van der Waals surface area contributed by atoms with Gasteiger partial charge in [-0.15, -0.1) is 0 Å². The van der Waals surface area contributed by atoms with Crippen LogP contribution in [0.25, 0.3) is 0 Å². The topological polar surface area (TPSA) is 93.1 Å². The van der Waals surface area contributed by atoms with Crippen molar-refractivity contribution >= 4 is 23.7 Å². The Hall–Kier alpha value is -3.09. The Bertz CT molecular complexity index is 927. The molecule has 0 fully saturated rings. The Labute approximate surface area is 180 Å². The first-order valence-electron chi connectivity index (χ1n) is 8.50. The maximum absolute atomic E-state index is 13.1. The quantitative estimate of drug-likeness (QED) is 0.411. The monoisotopic (exact) mass is 484 g/mol. The molecular formula is C19H14F6O6S. The maximum Gasteiger partial charge on any atom is 0.438 e. The third-order valence-corrected chi connectivity index (χ3v) is 4.87. The Kier molecular flexibility index (Phi) is 7.54. The first kappa shape index (κ1) is 25.2. The molecule has 0 amide bonds. The molecule has 13 heteroatoms. The van der Waals surface area contributed by atoms with E-state index in [0.717, 1.165) is 4.90 Å². The molecule has 0 unspecified atom stereocenters. The molecule has 0 aliphatic carbocycles. The summed E-state index contributed by atoms with van der Waals surface area (Å²) in [6.45, 7) is -1.32. The number of aromatic hydroxyl groups is 1. The number of hydrogen-bond acceptors (Lipinski definition) is 6. The molecule has 0 atom stereocenters. The van der Waals surface area contributed by atoms with Crippen molar-refractivity contribution in [2.24, 2.45) is 0 Å². The van der Waals surface area contributed by atoms with E-state index < -0.39 is 42.9 Å². The summed E-state index contributed by atoms with van der Waals surface area (Å²) in [7, 11) is 0. The number of rotatable bonds is 8. The van der Waals surface area contributed by atoms with Gasteiger partial charge in [-0.1, -0.05) is 11.8 Å². The molecule has 2 rings (SSSR count). The fraction of sp³-hybridized carbons (Fsp3) is 0.263. The molecule has 0 radical (unpaired) electrons. The second-order valence-electron chi connectivity index (χ2n) is 6.22. The molecule has 0 saturated heterocycles. The number of halogens is 6. The fourth-order valence-corrected chi connectivity index (χ4v) is 3.16. The van der Waals surface area contributed by atoms with Crippen LogP contribution in [0.5, 0.6) is 11.5 Å². The molecule has 0 aliphatic heterocycles. The number of ether oxygens (including phenoxy) is 2. The Balaban J connectivity index is 2.05. The van der Waals surface area contributed by atoms with Crippen LogP contribution in [0.15, 0.2) is 58.3 Å². The lowest BCUT2D eigenvalue weighted by molar-refractivity contribution is -0.370. The zero-order valence-electron chi connectivity index (χ0n) is 15.7. The maximum atomic E-state index is 13.1. The number of alkyl halides is 6. The van der Waals surface area contributed by atoms with Crippen LogP contribution in [0.4, 0.5) is 26.3 Å². The van der Waals surface area contributed by atoms with Crippen LogP contribution in [0.2, 0.25) is 0 Å². The normalized spacial score (nSPS) is 12.3. The smallest absolute Gasteiger partial charge is 0.438 e. The molecular weight excluding hydrogens is 470 g/mol. The number of carboxylic acids is 1. The van der Waals surface area contributed by atoms with Gasteiger partial charge in [0.15, 0.2) is 6.61 Å². The zero-order chi connectivity index (χ0) is 24.2. The van der Waals surface area contributed by atoms with Gasteiger partial charge in [-0.05, 0) is 48.5 Å². The van der Waals surface area contributed by atoms with E-state index in [4.69, 9.17) is 9.84 Å². The lowest BCUT2D eigenvalue weighted by Crippen LogP contribution is -2.61. The third-order valence-electron chi connectivity index (χ3n) is 3.86. The molecule has 0 aliphatic rings. The highest BCUT2D eigenvalue weighted by atomic mass is 32.2. The summed E-state index contributed by atoms with van der Waals surface area (Å²) in [5.74, 6) is -4.49. The molecule has 32 heavy (non-hydrogen) atoms. The summed E-state index contributed by atoms with van der Waals surface area (Å²) in [6.07, 6.45) is -15.0. The van der Waals surface area contributed by atoms with Crippen molar-refractivity contribution in [3.05, 3.63) is 48.5 Å². The van der Waals surface area contributed by atoms with Crippen molar-refractivity contribution in [2.75, 3.05) is 6.61 Å². The summed E-state index contributed by atoms with van der Waals surface area (Å²) in [6, 6.07) is 11.9. The minimum atomic E-state index is -6.23. The van der Waals surface area contributed by atoms with Gasteiger partial charge < -0.3 is 19.7 Å². The van der Waals surface area contributed by atoms with Gasteiger partial charge in [-0.2, -0.15) is 26.3 Å². The van der Waals surface area contributed by atoms with E-state index in [1.807, 2.05) is 0 Å². The highest BCUT2D eigenvalue weighted by Gasteiger charge is 2.75. The van der Waals surface area contributed by atoms with Crippen molar-refractivity contribution < 1.29 is 55.6 Å². The van der Waals surface area contributed by atoms with Gasteiger partial charge in [0.25, 0.3) is 0 Å². The number of carbonyl (C=O) groups excluding carboxylic acids is 1. The third kappa shape index (κ3) is 6.22. The molecule has 0 bridgehead atoms. The molecule has 2 aromatic rings. The summed E-state index contributed by atoms with van der Waals surface area (Å²) in [5.41, 5.74) is -5.21. The lowest BCUT2D eigenvalue weighted by atomic mass is 9.97. The first-order valence-corrected chi connectivity index (χ1v) is 9.32. The second-order valence-corrected chi connectivity index (χ2v) is 7.37. The van der Waals surface area contributed by atoms with Crippen LogP contribution in [-0.4, -0.2) is 46.7 Å². The number of benzene rings is 2. The van der Waals surface area contributed by atoms with E-state index in [1.54, 1.807) is 12.1 Å². The highest BCUT2D eigenvalue weighted by molar-refractivity contribution is 7.99. The van der Waals surface area contributed by atoms with E-state index in [-0.39, 0.29) is 11.5 Å². The van der Waals surface area contributed by atoms with Gasteiger partial charge >= 0.3 is 29.9 Å². The minimum Gasteiger partial charge on any atom is -0.508 e. The molecule has 2 aromatic carbocycles. The summed E-state index contributed by atoms with van der Waals surface area (Å²) >= 11 is 1.28. The van der Waals surface area contributed by atoms with Gasteiger partial charge in [-0.25, -0.2) is 4.79 Å². The summed E-state index contributed by atoms with van der Waals surface area (Å²) in [5, 5.41) is 17.8. The zero-order valence-corrected chi connectivity index (χ0v) is 16.6. The number of carbonyl (C=O) groups is 2. The average Bonchev–Trinajstić information content (AvgIpc) is 2.66. The van der Waals surface area contributed by atoms with Crippen molar-refractivity contribution in [3.63, 3.8) is 0 Å². The Morgan fingerprint density at radius 3 is 1.75 bits per heavy atom. The molecule has 0 aromatic heterocycles. The van der Waals surface area contributed by atoms with Crippen molar-refractivity contribution in [3.8, 4) is 11.5 Å². The first-order chi connectivity index (χ1) is 14.7. The molecule has 174 valence electrons. The number of phenols is 1. The van der Waals surface area contributed by atoms with E-state index in [0.29, 0.717) is 4.90 Å². The van der Waals surface area contributed by atoms with Crippen LogP contribution in [0, 0.1) is 0 Å². The summed E-state index contributed by atoms with van der Waals surface area (Å²) in [4.78, 5) is 23.7. The number of hydrogen-bond donors (Lipinski definition) is 2. The number of carboxylic acid groups (broad SMARTS) is 1. The van der Waals surface area contributed by atoms with Gasteiger partial charge in [0.05, 0.1) is 0 Å². The van der Waals surface area contributed by atoms with Crippen LogP contribution in [0.3, 0.4) is 0 Å². The summed E-state index contributed by atoms with van der Waals surface area (Å²) < 4.78 is 87.0. The van der Waals surface area contributed by atoms with Gasteiger partial charge in [0.1, 0.15) is 17.9 Å². The molecule has 0 heterocycles. The van der Waals surface area contributed by atoms with E-state index >= 15 is 0 Å². The average molecular weight is 484 g/mol. The number of phenolic OH excluding ortho intramolecular Hbond substituents is 1. The predicted molar refractivity (Wildman–Crippen MR) is 97.4 cm³/mol. The number of aliphatic carboxylic acids is 1. The molecule has 0 spiro atoms. The lowest BCUT2D eigenvalue weighted by Gasteiger charge is -2.35. The Morgan fingerprint density at radius 1 is 0.844 bits per heavy atom. The van der Waals surface area contributed by atoms with E-state index in [2.05, 4.69) is 4.74 Å². The minimum absolute atomic E-state index is 0.0557.